The van der Waals surface area contributed by atoms with Crippen LogP contribution in [0.1, 0.15) is 34.6 Å². The Hall–Kier alpha value is -4.71. The predicted molar refractivity (Wildman–Crippen MR) is 132 cm³/mol. The number of hydrogen-bond donors (Lipinski definition) is 2. The number of hydrogen-bond acceptors (Lipinski definition) is 5. The molecule has 1 amide bonds. The lowest BCUT2D eigenvalue weighted by Gasteiger charge is -2.16. The van der Waals surface area contributed by atoms with Crippen molar-refractivity contribution in [1.29, 1.82) is 0 Å². The van der Waals surface area contributed by atoms with E-state index in [1.165, 1.54) is 60.2 Å². The average molecular weight is 539 g/mol. The van der Waals surface area contributed by atoms with Gasteiger partial charge in [-0.2, -0.15) is 13.2 Å². The van der Waals surface area contributed by atoms with Crippen molar-refractivity contribution in [3.05, 3.63) is 102 Å². The molecule has 0 saturated carbocycles. The van der Waals surface area contributed by atoms with Crippen LogP contribution in [0.4, 0.5) is 27.6 Å². The molecular formula is C27H18F5N5O2. The first-order valence-corrected chi connectivity index (χ1v) is 11.5. The third-order valence-corrected chi connectivity index (χ3v) is 5.99. The fourth-order valence-corrected chi connectivity index (χ4v) is 4.16. The van der Waals surface area contributed by atoms with Gasteiger partial charge in [-0.15, -0.1) is 0 Å². The molecule has 0 unspecified atom stereocenters. The fourth-order valence-electron chi connectivity index (χ4n) is 4.16. The van der Waals surface area contributed by atoms with Gasteiger partial charge in [0.05, 0.1) is 34.8 Å². The quantitative estimate of drug-likeness (QED) is 0.265. The molecule has 0 saturated heterocycles. The van der Waals surface area contributed by atoms with E-state index in [1.54, 1.807) is 12.3 Å². The normalized spacial score (nSPS) is 12.5. The van der Waals surface area contributed by atoms with Gasteiger partial charge in [0, 0.05) is 29.7 Å². The molecule has 3 aromatic heterocycles. The molecule has 0 spiro atoms. The van der Waals surface area contributed by atoms with E-state index >= 15 is 4.39 Å². The molecule has 39 heavy (non-hydrogen) atoms. The Kier molecular flexibility index (Phi) is 6.56. The number of aliphatic hydroxyl groups is 1. The van der Waals surface area contributed by atoms with Gasteiger partial charge < -0.3 is 10.4 Å². The minimum absolute atomic E-state index is 0.0674. The number of anilines is 1. The highest BCUT2D eigenvalue weighted by atomic mass is 19.4. The van der Waals surface area contributed by atoms with Crippen LogP contribution in [-0.4, -0.2) is 30.4 Å². The molecule has 7 nitrogen and oxygen atoms in total. The number of pyridine rings is 1. The highest BCUT2D eigenvalue weighted by molar-refractivity contribution is 6.09. The van der Waals surface area contributed by atoms with Gasteiger partial charge >= 0.3 is 6.18 Å². The Bertz CT molecular complexity index is 1680. The van der Waals surface area contributed by atoms with Crippen LogP contribution in [-0.2, 0) is 6.18 Å². The Morgan fingerprint density at radius 3 is 2.33 bits per heavy atom. The number of amides is 1. The zero-order valence-corrected chi connectivity index (χ0v) is 20.0. The summed E-state index contributed by atoms with van der Waals surface area (Å²) in [5, 5.41) is 12.7. The molecule has 2 aromatic carbocycles. The maximum absolute atomic E-state index is 15.0. The number of carbonyl (C=O) groups excluding carboxylic acids is 1. The smallest absolute Gasteiger partial charge is 0.387 e. The summed E-state index contributed by atoms with van der Waals surface area (Å²) in [5.74, 6) is -3.33. The molecule has 3 heterocycles. The second kappa shape index (κ2) is 9.87. The van der Waals surface area contributed by atoms with Crippen LogP contribution < -0.4 is 5.32 Å². The van der Waals surface area contributed by atoms with Crippen LogP contribution in [0.25, 0.3) is 28.2 Å². The summed E-state index contributed by atoms with van der Waals surface area (Å²) < 4.78 is 71.3. The Balaban J connectivity index is 1.66. The molecule has 0 aliphatic rings. The molecule has 198 valence electrons. The summed E-state index contributed by atoms with van der Waals surface area (Å²) >= 11 is 0. The minimum atomic E-state index is -4.95. The van der Waals surface area contributed by atoms with E-state index in [2.05, 4.69) is 20.3 Å². The van der Waals surface area contributed by atoms with Crippen molar-refractivity contribution in [3.8, 4) is 22.5 Å². The molecule has 5 aromatic rings. The van der Waals surface area contributed by atoms with E-state index in [0.717, 1.165) is 6.07 Å². The van der Waals surface area contributed by atoms with Crippen molar-refractivity contribution >= 4 is 17.2 Å². The van der Waals surface area contributed by atoms with Gasteiger partial charge in [-0.3, -0.25) is 9.20 Å². The highest BCUT2D eigenvalue weighted by Crippen LogP contribution is 2.38. The molecule has 5 rings (SSSR count). The topological polar surface area (TPSA) is 92.4 Å². The molecule has 0 aliphatic heterocycles. The average Bonchev–Trinajstić information content (AvgIpc) is 3.34. The van der Waals surface area contributed by atoms with E-state index in [0.29, 0.717) is 16.8 Å². The molecule has 1 atom stereocenters. The number of nitrogens with one attached hydrogen (secondary N) is 1. The first kappa shape index (κ1) is 25.9. The van der Waals surface area contributed by atoms with Gasteiger partial charge in [-0.25, -0.2) is 23.7 Å². The summed E-state index contributed by atoms with van der Waals surface area (Å²) in [4.78, 5) is 25.3. The minimum Gasteiger partial charge on any atom is -0.387 e. The van der Waals surface area contributed by atoms with Crippen LogP contribution in [0.5, 0.6) is 0 Å². The number of halogens is 5. The van der Waals surface area contributed by atoms with Gasteiger partial charge in [0.25, 0.3) is 5.91 Å². The van der Waals surface area contributed by atoms with Crippen molar-refractivity contribution < 1.29 is 31.9 Å². The largest absolute Gasteiger partial charge is 0.417 e. The number of imidazole rings is 1. The van der Waals surface area contributed by atoms with Crippen LogP contribution >= 0.6 is 0 Å². The second-order valence-corrected chi connectivity index (χ2v) is 8.57. The van der Waals surface area contributed by atoms with Crippen molar-refractivity contribution in [2.24, 2.45) is 0 Å². The summed E-state index contributed by atoms with van der Waals surface area (Å²) in [5.41, 5.74) is -1.15. The SMILES string of the molecule is C[C@@H](O)c1cnc2c(NC(=O)c3cc(-c4ncccn4)c(C(F)(F)F)cc3F)c(-c3ccc(F)cc3)ccn12. The maximum atomic E-state index is 15.0. The summed E-state index contributed by atoms with van der Waals surface area (Å²) in [6, 6.07) is 9.28. The van der Waals surface area contributed by atoms with Crippen LogP contribution in [0.2, 0.25) is 0 Å². The second-order valence-electron chi connectivity index (χ2n) is 8.57. The highest BCUT2D eigenvalue weighted by Gasteiger charge is 2.36. The van der Waals surface area contributed by atoms with E-state index in [1.807, 2.05) is 0 Å². The zero-order valence-electron chi connectivity index (χ0n) is 20.0. The number of rotatable bonds is 5. The first-order chi connectivity index (χ1) is 18.5. The lowest BCUT2D eigenvalue weighted by Crippen LogP contribution is -2.18. The van der Waals surface area contributed by atoms with Crippen LogP contribution in [0.3, 0.4) is 0 Å². The van der Waals surface area contributed by atoms with Gasteiger partial charge in [0.1, 0.15) is 11.6 Å². The number of aliphatic hydroxyl groups excluding tert-OH is 1. The van der Waals surface area contributed by atoms with Crippen molar-refractivity contribution in [1.82, 2.24) is 19.4 Å². The Morgan fingerprint density at radius 2 is 1.69 bits per heavy atom. The number of fused-ring (bicyclic) bond motifs is 1. The van der Waals surface area contributed by atoms with E-state index < -0.39 is 46.5 Å². The van der Waals surface area contributed by atoms with Gasteiger partial charge in [0.15, 0.2) is 11.5 Å². The van der Waals surface area contributed by atoms with Crippen molar-refractivity contribution in [2.75, 3.05) is 5.32 Å². The monoisotopic (exact) mass is 539 g/mol. The number of carbonyl (C=O) groups is 1. The van der Waals surface area contributed by atoms with Gasteiger partial charge in [-0.05, 0) is 48.9 Å². The molecular weight excluding hydrogens is 521 g/mol. The van der Waals surface area contributed by atoms with E-state index in [9.17, 15) is 27.5 Å². The third kappa shape index (κ3) is 4.93. The Morgan fingerprint density at radius 1 is 1.00 bits per heavy atom. The molecule has 0 fully saturated rings. The Labute approximate surface area is 217 Å². The lowest BCUT2D eigenvalue weighted by molar-refractivity contribution is -0.137. The maximum Gasteiger partial charge on any atom is 0.417 e. The van der Waals surface area contributed by atoms with E-state index in [4.69, 9.17) is 0 Å². The molecule has 2 N–H and O–H groups in total. The van der Waals surface area contributed by atoms with Crippen molar-refractivity contribution in [3.63, 3.8) is 0 Å². The number of benzene rings is 2. The lowest BCUT2D eigenvalue weighted by atomic mass is 10.0. The first-order valence-electron chi connectivity index (χ1n) is 11.5. The summed E-state index contributed by atoms with van der Waals surface area (Å²) in [7, 11) is 0. The number of nitrogens with zero attached hydrogens (tertiary/aromatic N) is 4. The van der Waals surface area contributed by atoms with Crippen molar-refractivity contribution in [2.45, 2.75) is 19.2 Å². The molecule has 0 bridgehead atoms. The number of aromatic nitrogens is 4. The van der Waals surface area contributed by atoms with Crippen LogP contribution in [0.15, 0.2) is 73.3 Å². The third-order valence-electron chi connectivity index (χ3n) is 5.99. The van der Waals surface area contributed by atoms with E-state index in [-0.39, 0.29) is 23.2 Å². The molecule has 12 heteroatoms. The fraction of sp³-hybridized carbons (Fsp3) is 0.111. The molecule has 0 aliphatic carbocycles. The zero-order chi connectivity index (χ0) is 27.9. The molecule has 0 radical (unpaired) electrons. The standard InChI is InChI=1S/C27H18F5N5O2/c1-14(38)22-13-35-25-23(17(7-10-37(22)25)15-3-5-16(28)6-4-15)36-26(39)19-11-18(24-33-8-2-9-34-24)20(12-21(19)29)27(30,31)32/h2-14,38H,1H3,(H,36,39)/t14-/m1/s1. The predicted octanol–water partition coefficient (Wildman–Crippen LogP) is 6.06. The summed E-state index contributed by atoms with van der Waals surface area (Å²) in [6.07, 6.45) is -0.464. The van der Waals surface area contributed by atoms with Gasteiger partial charge in [-0.1, -0.05) is 12.1 Å². The van der Waals surface area contributed by atoms with Gasteiger partial charge in [0.2, 0.25) is 0 Å². The number of alkyl halides is 3. The van der Waals surface area contributed by atoms with Crippen LogP contribution in [0, 0.1) is 11.6 Å². The summed E-state index contributed by atoms with van der Waals surface area (Å²) in [6.45, 7) is 1.51.